The van der Waals surface area contributed by atoms with Crippen LogP contribution >= 0.6 is 0 Å². The third-order valence-corrected chi connectivity index (χ3v) is 8.65. The highest BCUT2D eigenvalue weighted by atomic mass is 19.2. The fraction of sp³-hybridized carbons (Fsp3) is 0.414. The van der Waals surface area contributed by atoms with Crippen LogP contribution in [-0.2, 0) is 0 Å². The predicted molar refractivity (Wildman–Crippen MR) is 145 cm³/mol. The van der Waals surface area contributed by atoms with Gasteiger partial charge >= 0.3 is 6.01 Å². The van der Waals surface area contributed by atoms with Gasteiger partial charge in [-0.3, -0.25) is 9.88 Å². The molecule has 3 saturated heterocycles. The highest BCUT2D eigenvalue weighted by Crippen LogP contribution is 2.41. The first-order chi connectivity index (χ1) is 19.7. The molecule has 0 bridgehead atoms. The van der Waals surface area contributed by atoms with Crippen molar-refractivity contribution in [3.63, 3.8) is 0 Å². The molecule has 2 aromatic heterocycles. The zero-order valence-corrected chi connectivity index (χ0v) is 22.1. The molecule has 1 unspecified atom stereocenters. The minimum absolute atomic E-state index is 0.0782. The molecule has 41 heavy (non-hydrogen) atoms. The molecule has 0 saturated carbocycles. The maximum Gasteiger partial charge on any atom is 0.319 e. The Morgan fingerprint density at radius 1 is 1.10 bits per heavy atom. The molecular weight excluding hydrogens is 540 g/mol. The van der Waals surface area contributed by atoms with Crippen molar-refractivity contribution in [2.24, 2.45) is 5.73 Å². The van der Waals surface area contributed by atoms with E-state index < -0.39 is 29.2 Å². The maximum absolute atomic E-state index is 16.4. The van der Waals surface area contributed by atoms with Crippen molar-refractivity contribution in [3.05, 3.63) is 47.9 Å². The molecule has 3 N–H and O–H groups in total. The minimum Gasteiger partial charge on any atom is -0.508 e. The number of halogens is 4. The molecule has 0 amide bonds. The first kappa shape index (κ1) is 26.1. The van der Waals surface area contributed by atoms with E-state index in [9.17, 15) is 18.3 Å². The summed E-state index contributed by atoms with van der Waals surface area (Å²) in [6.07, 6.45) is 3.22. The molecule has 0 spiro atoms. The summed E-state index contributed by atoms with van der Waals surface area (Å²) in [5.74, 6) is -3.06. The number of aromatic nitrogens is 3. The van der Waals surface area contributed by atoms with Gasteiger partial charge in [-0.05, 0) is 49.4 Å². The molecule has 3 atom stereocenters. The van der Waals surface area contributed by atoms with Crippen molar-refractivity contribution < 1.29 is 27.4 Å². The number of fused-ring (bicyclic) bond motifs is 3. The van der Waals surface area contributed by atoms with Gasteiger partial charge in [0.2, 0.25) is 0 Å². The molecule has 12 heteroatoms. The monoisotopic (exact) mass is 568 g/mol. The number of hydrogen-bond acceptors (Lipinski definition) is 8. The van der Waals surface area contributed by atoms with Crippen LogP contribution in [0.2, 0.25) is 0 Å². The van der Waals surface area contributed by atoms with Gasteiger partial charge in [0.05, 0.1) is 10.9 Å². The molecule has 2 aromatic carbocycles. The predicted octanol–water partition coefficient (Wildman–Crippen LogP) is 4.46. The van der Waals surface area contributed by atoms with E-state index in [0.717, 1.165) is 31.5 Å². The van der Waals surface area contributed by atoms with E-state index in [0.29, 0.717) is 43.7 Å². The number of benzene rings is 2. The number of anilines is 1. The Morgan fingerprint density at radius 2 is 1.95 bits per heavy atom. The molecule has 7 rings (SSSR count). The molecule has 0 aliphatic carbocycles. The number of aromatic hydroxyl groups is 1. The van der Waals surface area contributed by atoms with Crippen molar-refractivity contribution in [1.82, 2.24) is 19.9 Å². The van der Waals surface area contributed by atoms with Gasteiger partial charge in [0.1, 0.15) is 35.6 Å². The summed E-state index contributed by atoms with van der Waals surface area (Å²) in [5, 5.41) is 10.6. The lowest BCUT2D eigenvalue weighted by molar-refractivity contribution is 0.107. The van der Waals surface area contributed by atoms with Gasteiger partial charge in [0.25, 0.3) is 0 Å². The molecule has 3 aliphatic rings. The van der Waals surface area contributed by atoms with Crippen molar-refractivity contribution in [3.8, 4) is 23.0 Å². The first-order valence-electron chi connectivity index (χ1n) is 13.7. The lowest BCUT2D eigenvalue weighted by Crippen LogP contribution is -2.43. The fourth-order valence-electron chi connectivity index (χ4n) is 6.71. The number of nitrogens with two attached hydrogens (primary N) is 1. The van der Waals surface area contributed by atoms with Crippen molar-refractivity contribution >= 4 is 27.5 Å². The van der Waals surface area contributed by atoms with Gasteiger partial charge in [0, 0.05) is 49.2 Å². The Labute approximate surface area is 232 Å². The summed E-state index contributed by atoms with van der Waals surface area (Å²) in [7, 11) is 0. The van der Waals surface area contributed by atoms with Gasteiger partial charge in [-0.25, -0.2) is 17.6 Å². The Morgan fingerprint density at radius 3 is 2.76 bits per heavy atom. The zero-order chi connectivity index (χ0) is 28.5. The number of hydrogen-bond donors (Lipinski definition) is 2. The lowest BCUT2D eigenvalue weighted by atomic mass is 9.95. The van der Waals surface area contributed by atoms with Crippen LogP contribution < -0.4 is 15.4 Å². The number of pyridine rings is 1. The van der Waals surface area contributed by atoms with E-state index in [1.165, 1.54) is 18.3 Å². The molecular formula is C29H28F4N6O2. The molecule has 4 aromatic rings. The molecule has 3 fully saturated rings. The number of nitrogens with zero attached hydrogens (tertiary/aromatic N) is 5. The second-order valence-corrected chi connectivity index (χ2v) is 11.3. The van der Waals surface area contributed by atoms with Gasteiger partial charge in [-0.2, -0.15) is 9.97 Å². The molecule has 3 aliphatic heterocycles. The number of ether oxygens (including phenoxy) is 1. The number of phenolic OH excluding ortho intramolecular Hbond substituents is 1. The van der Waals surface area contributed by atoms with E-state index in [2.05, 4.69) is 19.9 Å². The highest BCUT2D eigenvalue weighted by Gasteiger charge is 2.49. The van der Waals surface area contributed by atoms with Crippen molar-refractivity contribution in [1.29, 1.82) is 0 Å². The minimum atomic E-state index is -1.18. The number of alkyl halides is 1. The van der Waals surface area contributed by atoms with E-state index in [1.807, 2.05) is 4.90 Å². The van der Waals surface area contributed by atoms with Gasteiger partial charge in [0.15, 0.2) is 17.5 Å². The van der Waals surface area contributed by atoms with E-state index in [1.54, 1.807) is 0 Å². The zero-order valence-electron chi connectivity index (χ0n) is 22.1. The fourth-order valence-corrected chi connectivity index (χ4v) is 6.71. The summed E-state index contributed by atoms with van der Waals surface area (Å²) in [5.41, 5.74) is 5.12. The second-order valence-electron chi connectivity index (χ2n) is 11.3. The Hall–Kier alpha value is -3.77. The SMILES string of the molecule is NC1CCN(c2nc(OC[C@@]34CCCN3C[C@H](F)C4)nc3c(F)c(-c4cc(O)cc5ccc(F)c(F)c45)ncc23)C1. The van der Waals surface area contributed by atoms with Crippen LogP contribution in [0.1, 0.15) is 25.7 Å². The molecule has 214 valence electrons. The number of rotatable bonds is 5. The third kappa shape index (κ3) is 4.31. The average molecular weight is 569 g/mol. The van der Waals surface area contributed by atoms with Crippen LogP contribution in [0, 0.1) is 17.5 Å². The lowest BCUT2D eigenvalue weighted by Gasteiger charge is -2.31. The Bertz CT molecular complexity index is 1690. The standard InChI is InChI=1S/C29H28F4N6O2/c30-16-10-29(5-1-6-39(29)12-16)14-41-28-36-26-20(27(37-28)38-7-4-17(34)13-38)11-35-25(24(26)33)19-9-18(40)8-15-2-3-21(31)23(32)22(15)19/h2-3,8-9,11,16-17,40H,1,4-7,10,12-14,34H2/t16-,17?,29+/m1/s1. The smallest absolute Gasteiger partial charge is 0.319 e. The summed E-state index contributed by atoms with van der Waals surface area (Å²) in [6.45, 7) is 2.37. The number of phenols is 1. The van der Waals surface area contributed by atoms with Gasteiger partial charge in [-0.1, -0.05) is 6.07 Å². The quantitative estimate of drug-likeness (QED) is 0.341. The second kappa shape index (κ2) is 9.66. The largest absolute Gasteiger partial charge is 0.508 e. The van der Waals surface area contributed by atoms with Crippen LogP contribution in [0.15, 0.2) is 30.5 Å². The topological polar surface area (TPSA) is 101 Å². The van der Waals surface area contributed by atoms with Crippen LogP contribution in [0.5, 0.6) is 11.8 Å². The van der Waals surface area contributed by atoms with Crippen molar-refractivity contribution in [2.45, 2.75) is 43.4 Å². The molecule has 0 radical (unpaired) electrons. The van der Waals surface area contributed by atoms with E-state index in [-0.39, 0.29) is 52.0 Å². The van der Waals surface area contributed by atoms with Gasteiger partial charge in [-0.15, -0.1) is 0 Å². The normalized spacial score (nSPS) is 24.6. The summed E-state index contributed by atoms with van der Waals surface area (Å²) in [6, 6.07) is 4.47. The molecule has 5 heterocycles. The first-order valence-corrected chi connectivity index (χ1v) is 13.7. The summed E-state index contributed by atoms with van der Waals surface area (Å²) in [4.78, 5) is 17.3. The summed E-state index contributed by atoms with van der Waals surface area (Å²) < 4.78 is 65.9. The van der Waals surface area contributed by atoms with Gasteiger partial charge < -0.3 is 20.5 Å². The van der Waals surface area contributed by atoms with E-state index >= 15 is 4.39 Å². The Balaban J connectivity index is 1.37. The van der Waals surface area contributed by atoms with Crippen LogP contribution in [0.4, 0.5) is 23.4 Å². The maximum atomic E-state index is 16.4. The highest BCUT2D eigenvalue weighted by molar-refractivity contribution is 6.00. The van der Waals surface area contributed by atoms with Crippen molar-refractivity contribution in [2.75, 3.05) is 37.7 Å². The molecule has 8 nitrogen and oxygen atoms in total. The van der Waals surface area contributed by atoms with Crippen LogP contribution in [0.25, 0.3) is 32.9 Å². The summed E-state index contributed by atoms with van der Waals surface area (Å²) >= 11 is 0. The Kier molecular flexibility index (Phi) is 6.16. The van der Waals surface area contributed by atoms with Crippen LogP contribution in [-0.4, -0.2) is 75.5 Å². The average Bonchev–Trinajstić information content (AvgIpc) is 3.63. The third-order valence-electron chi connectivity index (χ3n) is 8.65. The van der Waals surface area contributed by atoms with Crippen LogP contribution in [0.3, 0.4) is 0 Å². The van der Waals surface area contributed by atoms with E-state index in [4.69, 9.17) is 10.5 Å².